The number of Topliss-reactive ketones (excluding diaryl/α,β-unsaturated/α-hetero) is 2. The summed E-state index contributed by atoms with van der Waals surface area (Å²) in [6.07, 6.45) is 0.420. The minimum absolute atomic E-state index is 0.0224. The fourth-order valence-electron chi connectivity index (χ4n) is 2.89. The van der Waals surface area contributed by atoms with E-state index in [4.69, 9.17) is 9.15 Å². The number of carbonyl (C=O) groups excluding carboxylic acids is 2. The first-order chi connectivity index (χ1) is 13.0. The fraction of sp³-hybridized carbons (Fsp3) is 0.217. The van der Waals surface area contributed by atoms with Gasteiger partial charge in [-0.05, 0) is 55.3 Å². The topological polar surface area (TPSA) is 56.5 Å². The number of rotatable bonds is 8. The van der Waals surface area contributed by atoms with E-state index >= 15 is 0 Å². The minimum Gasteiger partial charge on any atom is -0.489 e. The Morgan fingerprint density at radius 1 is 0.926 bits per heavy atom. The van der Waals surface area contributed by atoms with Crippen LogP contribution >= 0.6 is 0 Å². The average Bonchev–Trinajstić information content (AvgIpc) is 3.06. The van der Waals surface area contributed by atoms with Crippen molar-refractivity contribution in [2.75, 3.05) is 0 Å². The Kier molecular flexibility index (Phi) is 5.87. The number of carbonyl (C=O) groups is 2. The molecule has 0 atom stereocenters. The molecule has 0 unspecified atom stereocenters. The molecule has 0 saturated heterocycles. The number of hydrogen-bond acceptors (Lipinski definition) is 4. The number of ketones is 2. The Hall–Kier alpha value is -3.14. The molecule has 0 bridgehead atoms. The molecular weight excluding hydrogens is 340 g/mol. The summed E-state index contributed by atoms with van der Waals surface area (Å²) in [5.74, 6) is 1.90. The van der Waals surface area contributed by atoms with E-state index in [1.165, 1.54) is 6.92 Å². The van der Waals surface area contributed by atoms with E-state index in [1.54, 1.807) is 18.2 Å². The molecule has 0 aliphatic rings. The van der Waals surface area contributed by atoms with Crippen molar-refractivity contribution in [3.05, 3.63) is 88.9 Å². The molecule has 27 heavy (non-hydrogen) atoms. The first-order valence-corrected chi connectivity index (χ1v) is 8.89. The highest BCUT2D eigenvalue weighted by Crippen LogP contribution is 2.21. The highest BCUT2D eigenvalue weighted by molar-refractivity contribution is 5.98. The minimum atomic E-state index is -0.0224. The number of ether oxygens (including phenoxy) is 1. The van der Waals surface area contributed by atoms with Crippen LogP contribution in [0.5, 0.6) is 5.75 Å². The van der Waals surface area contributed by atoms with Gasteiger partial charge in [-0.25, -0.2) is 0 Å². The fourth-order valence-corrected chi connectivity index (χ4v) is 2.89. The van der Waals surface area contributed by atoms with Gasteiger partial charge in [0.05, 0.1) is 12.8 Å². The number of benzene rings is 2. The standard InChI is InChI=1S/C23H22O4/c1-16-12-19(26-15-18-6-4-3-5-7-18)10-11-22(16)23(25)14-21-9-8-20(27-21)13-17(2)24/h3-12H,13-15H2,1-2H3. The van der Waals surface area contributed by atoms with E-state index in [0.717, 1.165) is 16.9 Å². The van der Waals surface area contributed by atoms with Crippen LogP contribution in [-0.4, -0.2) is 11.6 Å². The van der Waals surface area contributed by atoms with Crippen LogP contribution in [0, 0.1) is 6.92 Å². The van der Waals surface area contributed by atoms with E-state index in [2.05, 4.69) is 0 Å². The van der Waals surface area contributed by atoms with Gasteiger partial charge in [0.1, 0.15) is 29.7 Å². The Bertz CT molecular complexity index is 938. The molecule has 0 N–H and O–H groups in total. The maximum atomic E-state index is 12.6. The predicted octanol–water partition coefficient (Wildman–Crippen LogP) is 4.72. The van der Waals surface area contributed by atoms with Crippen molar-refractivity contribution < 1.29 is 18.7 Å². The monoisotopic (exact) mass is 362 g/mol. The molecule has 4 heteroatoms. The summed E-state index contributed by atoms with van der Waals surface area (Å²) >= 11 is 0. The third-order valence-corrected chi connectivity index (χ3v) is 4.22. The molecule has 3 aromatic rings. The number of furan rings is 1. The van der Waals surface area contributed by atoms with Gasteiger partial charge in [0.2, 0.25) is 0 Å². The summed E-state index contributed by atoms with van der Waals surface area (Å²) < 4.78 is 11.4. The lowest BCUT2D eigenvalue weighted by Crippen LogP contribution is -2.05. The van der Waals surface area contributed by atoms with Gasteiger partial charge in [-0.15, -0.1) is 0 Å². The molecule has 0 amide bonds. The average molecular weight is 362 g/mol. The maximum Gasteiger partial charge on any atom is 0.170 e. The van der Waals surface area contributed by atoms with Crippen LogP contribution in [-0.2, 0) is 24.2 Å². The number of hydrogen-bond donors (Lipinski definition) is 0. The van der Waals surface area contributed by atoms with Gasteiger partial charge < -0.3 is 9.15 Å². The highest BCUT2D eigenvalue weighted by Gasteiger charge is 2.14. The zero-order chi connectivity index (χ0) is 19.2. The van der Waals surface area contributed by atoms with E-state index in [9.17, 15) is 9.59 Å². The third kappa shape index (κ3) is 5.17. The normalized spacial score (nSPS) is 10.6. The van der Waals surface area contributed by atoms with Crippen molar-refractivity contribution in [3.63, 3.8) is 0 Å². The van der Waals surface area contributed by atoms with Gasteiger partial charge in [0.15, 0.2) is 5.78 Å². The first kappa shape index (κ1) is 18.6. The van der Waals surface area contributed by atoms with Crippen LogP contribution in [0.1, 0.15) is 39.9 Å². The Morgan fingerprint density at radius 2 is 1.63 bits per heavy atom. The van der Waals surface area contributed by atoms with Gasteiger partial charge in [-0.1, -0.05) is 30.3 Å². The molecule has 4 nitrogen and oxygen atoms in total. The molecule has 1 aromatic heterocycles. The maximum absolute atomic E-state index is 12.6. The lowest BCUT2D eigenvalue weighted by atomic mass is 10.0. The molecule has 0 fully saturated rings. The summed E-state index contributed by atoms with van der Waals surface area (Å²) in [5, 5.41) is 0. The van der Waals surface area contributed by atoms with E-state index in [1.807, 2.05) is 49.4 Å². The van der Waals surface area contributed by atoms with E-state index in [0.29, 0.717) is 23.7 Å². The third-order valence-electron chi connectivity index (χ3n) is 4.22. The summed E-state index contributed by atoms with van der Waals surface area (Å²) in [6.45, 7) is 3.89. The van der Waals surface area contributed by atoms with Crippen molar-refractivity contribution in [1.29, 1.82) is 0 Å². The number of aryl methyl sites for hydroxylation is 1. The van der Waals surface area contributed by atoms with Gasteiger partial charge in [0, 0.05) is 5.56 Å². The van der Waals surface area contributed by atoms with Gasteiger partial charge >= 0.3 is 0 Å². The molecule has 0 aliphatic carbocycles. The summed E-state index contributed by atoms with van der Waals surface area (Å²) in [7, 11) is 0. The van der Waals surface area contributed by atoms with Crippen molar-refractivity contribution in [2.24, 2.45) is 0 Å². The largest absolute Gasteiger partial charge is 0.489 e. The van der Waals surface area contributed by atoms with Crippen LogP contribution in [0.4, 0.5) is 0 Å². The van der Waals surface area contributed by atoms with E-state index < -0.39 is 0 Å². The Morgan fingerprint density at radius 3 is 2.30 bits per heavy atom. The molecule has 138 valence electrons. The van der Waals surface area contributed by atoms with Gasteiger partial charge in [0.25, 0.3) is 0 Å². The summed E-state index contributed by atoms with van der Waals surface area (Å²) in [4.78, 5) is 23.7. The second kappa shape index (κ2) is 8.49. The van der Waals surface area contributed by atoms with Crippen LogP contribution in [0.15, 0.2) is 65.1 Å². The molecule has 0 spiro atoms. The highest BCUT2D eigenvalue weighted by atomic mass is 16.5. The molecule has 0 radical (unpaired) electrons. The zero-order valence-corrected chi connectivity index (χ0v) is 15.5. The van der Waals surface area contributed by atoms with Crippen LogP contribution in [0.2, 0.25) is 0 Å². The molecular formula is C23H22O4. The van der Waals surface area contributed by atoms with Crippen molar-refractivity contribution in [1.82, 2.24) is 0 Å². The van der Waals surface area contributed by atoms with Gasteiger partial charge in [-0.2, -0.15) is 0 Å². The molecule has 3 rings (SSSR count). The van der Waals surface area contributed by atoms with Crippen molar-refractivity contribution in [2.45, 2.75) is 33.3 Å². The van der Waals surface area contributed by atoms with Crippen LogP contribution in [0.3, 0.4) is 0 Å². The van der Waals surface area contributed by atoms with Crippen molar-refractivity contribution >= 4 is 11.6 Å². The molecule has 0 aliphatic heterocycles. The van der Waals surface area contributed by atoms with Crippen molar-refractivity contribution in [3.8, 4) is 5.75 Å². The lowest BCUT2D eigenvalue weighted by molar-refractivity contribution is -0.116. The second-order valence-corrected chi connectivity index (χ2v) is 6.60. The van der Waals surface area contributed by atoms with Crippen LogP contribution in [0.25, 0.3) is 0 Å². The smallest absolute Gasteiger partial charge is 0.170 e. The molecule has 1 heterocycles. The zero-order valence-electron chi connectivity index (χ0n) is 15.5. The Balaban J connectivity index is 1.63. The summed E-state index contributed by atoms with van der Waals surface area (Å²) in [5.41, 5.74) is 2.60. The summed E-state index contributed by atoms with van der Waals surface area (Å²) in [6, 6.07) is 18.9. The first-order valence-electron chi connectivity index (χ1n) is 8.89. The van der Waals surface area contributed by atoms with E-state index in [-0.39, 0.29) is 24.4 Å². The Labute approximate surface area is 158 Å². The predicted molar refractivity (Wildman–Crippen MR) is 103 cm³/mol. The second-order valence-electron chi connectivity index (χ2n) is 6.60. The molecule has 2 aromatic carbocycles. The molecule has 0 saturated carbocycles. The van der Waals surface area contributed by atoms with Crippen LogP contribution < -0.4 is 4.74 Å². The quantitative estimate of drug-likeness (QED) is 0.544. The SMILES string of the molecule is CC(=O)Cc1ccc(CC(=O)c2ccc(OCc3ccccc3)cc2C)o1. The van der Waals surface area contributed by atoms with Gasteiger partial charge in [-0.3, -0.25) is 9.59 Å². The lowest BCUT2D eigenvalue weighted by Gasteiger charge is -2.09.